The van der Waals surface area contributed by atoms with Crippen molar-refractivity contribution in [3.63, 3.8) is 0 Å². The van der Waals surface area contributed by atoms with Crippen LogP contribution >= 0.6 is 0 Å². The van der Waals surface area contributed by atoms with E-state index in [0.717, 1.165) is 31.7 Å². The van der Waals surface area contributed by atoms with Crippen molar-refractivity contribution in [1.29, 1.82) is 0 Å². The average Bonchev–Trinajstić information content (AvgIpc) is 2.95. The first-order valence-corrected chi connectivity index (χ1v) is 6.80. The molecule has 0 spiro atoms. The van der Waals surface area contributed by atoms with E-state index in [4.69, 9.17) is 0 Å². The molecule has 1 aliphatic heterocycles. The fourth-order valence-corrected chi connectivity index (χ4v) is 2.48. The first kappa shape index (κ1) is 12.4. The number of nitrogens with zero attached hydrogens (tertiary/aromatic N) is 3. The SMILES string of the molecule is CC(C)(C)c1cc(CN2CCc3[nH]ncc3C2)[nH]n1. The molecule has 0 saturated carbocycles. The molecule has 2 aromatic heterocycles. The Morgan fingerprint density at radius 3 is 2.89 bits per heavy atom. The third-order valence-corrected chi connectivity index (χ3v) is 3.67. The Balaban J connectivity index is 1.68. The highest BCUT2D eigenvalue weighted by molar-refractivity contribution is 5.20. The molecular formula is C14H21N5. The van der Waals surface area contributed by atoms with Gasteiger partial charge in [0.1, 0.15) is 0 Å². The second-order valence-electron chi connectivity index (χ2n) is 6.36. The number of fused-ring (bicyclic) bond motifs is 1. The molecule has 5 heteroatoms. The Hall–Kier alpha value is -1.62. The van der Waals surface area contributed by atoms with E-state index in [1.807, 2.05) is 6.20 Å². The summed E-state index contributed by atoms with van der Waals surface area (Å²) in [7, 11) is 0. The molecule has 5 nitrogen and oxygen atoms in total. The second-order valence-corrected chi connectivity index (χ2v) is 6.36. The van der Waals surface area contributed by atoms with Crippen LogP contribution in [0.15, 0.2) is 12.3 Å². The lowest BCUT2D eigenvalue weighted by molar-refractivity contribution is 0.242. The van der Waals surface area contributed by atoms with Crippen molar-refractivity contribution in [2.45, 2.75) is 45.7 Å². The molecule has 0 atom stereocenters. The smallest absolute Gasteiger partial charge is 0.0678 e. The van der Waals surface area contributed by atoms with E-state index in [0.29, 0.717) is 0 Å². The molecule has 102 valence electrons. The summed E-state index contributed by atoms with van der Waals surface area (Å²) in [5.74, 6) is 0. The predicted molar refractivity (Wildman–Crippen MR) is 73.7 cm³/mol. The lowest BCUT2D eigenvalue weighted by Gasteiger charge is -2.25. The number of aromatic amines is 2. The van der Waals surface area contributed by atoms with Crippen molar-refractivity contribution in [2.24, 2.45) is 0 Å². The lowest BCUT2D eigenvalue weighted by Crippen LogP contribution is -2.29. The van der Waals surface area contributed by atoms with E-state index in [9.17, 15) is 0 Å². The summed E-state index contributed by atoms with van der Waals surface area (Å²) < 4.78 is 0. The van der Waals surface area contributed by atoms with Gasteiger partial charge in [0.2, 0.25) is 0 Å². The summed E-state index contributed by atoms with van der Waals surface area (Å²) in [6, 6.07) is 2.19. The quantitative estimate of drug-likeness (QED) is 0.867. The molecule has 0 aromatic carbocycles. The molecule has 1 aliphatic rings. The molecule has 0 fully saturated rings. The lowest BCUT2D eigenvalue weighted by atomic mass is 9.92. The van der Waals surface area contributed by atoms with Gasteiger partial charge in [-0.2, -0.15) is 10.2 Å². The Kier molecular flexibility index (Phi) is 2.93. The van der Waals surface area contributed by atoms with Crippen molar-refractivity contribution < 1.29 is 0 Å². The van der Waals surface area contributed by atoms with Crippen LogP contribution in [0.2, 0.25) is 0 Å². The highest BCUT2D eigenvalue weighted by Gasteiger charge is 2.20. The summed E-state index contributed by atoms with van der Waals surface area (Å²) >= 11 is 0. The van der Waals surface area contributed by atoms with E-state index in [1.165, 1.54) is 17.0 Å². The summed E-state index contributed by atoms with van der Waals surface area (Å²) in [5, 5.41) is 14.8. The zero-order valence-corrected chi connectivity index (χ0v) is 11.8. The van der Waals surface area contributed by atoms with Crippen LogP contribution in [0.1, 0.15) is 43.4 Å². The number of hydrogen-bond donors (Lipinski definition) is 2. The van der Waals surface area contributed by atoms with Crippen LogP contribution in [0.25, 0.3) is 0 Å². The van der Waals surface area contributed by atoms with Crippen molar-refractivity contribution in [1.82, 2.24) is 25.3 Å². The maximum absolute atomic E-state index is 4.42. The minimum absolute atomic E-state index is 0.106. The van der Waals surface area contributed by atoms with E-state index < -0.39 is 0 Å². The van der Waals surface area contributed by atoms with Gasteiger partial charge in [-0.15, -0.1) is 0 Å². The summed E-state index contributed by atoms with van der Waals surface area (Å²) in [5.41, 5.74) is 5.03. The Morgan fingerprint density at radius 1 is 1.32 bits per heavy atom. The molecule has 0 amide bonds. The topological polar surface area (TPSA) is 60.6 Å². The fourth-order valence-electron chi connectivity index (χ4n) is 2.48. The second kappa shape index (κ2) is 4.49. The van der Waals surface area contributed by atoms with Crippen LogP contribution < -0.4 is 0 Å². The van der Waals surface area contributed by atoms with Crippen molar-refractivity contribution in [3.8, 4) is 0 Å². The fraction of sp³-hybridized carbons (Fsp3) is 0.571. The number of hydrogen-bond acceptors (Lipinski definition) is 3. The van der Waals surface area contributed by atoms with Gasteiger partial charge in [0.05, 0.1) is 11.9 Å². The monoisotopic (exact) mass is 259 g/mol. The summed E-state index contributed by atoms with van der Waals surface area (Å²) in [4.78, 5) is 2.43. The zero-order valence-electron chi connectivity index (χ0n) is 11.8. The summed E-state index contributed by atoms with van der Waals surface area (Å²) in [6.07, 6.45) is 2.99. The van der Waals surface area contributed by atoms with E-state index in [2.05, 4.69) is 52.1 Å². The minimum atomic E-state index is 0.106. The highest BCUT2D eigenvalue weighted by Crippen LogP contribution is 2.22. The third-order valence-electron chi connectivity index (χ3n) is 3.67. The van der Waals surface area contributed by atoms with Gasteiger partial charge < -0.3 is 0 Å². The Morgan fingerprint density at radius 2 is 2.16 bits per heavy atom. The van der Waals surface area contributed by atoms with Crippen LogP contribution in [0.5, 0.6) is 0 Å². The maximum Gasteiger partial charge on any atom is 0.0678 e. The molecule has 19 heavy (non-hydrogen) atoms. The molecule has 0 radical (unpaired) electrons. The molecule has 2 N–H and O–H groups in total. The molecular weight excluding hydrogens is 238 g/mol. The van der Waals surface area contributed by atoms with Gasteiger partial charge >= 0.3 is 0 Å². The Bertz CT molecular complexity index is 560. The third kappa shape index (κ3) is 2.56. The first-order chi connectivity index (χ1) is 9.02. The van der Waals surface area contributed by atoms with E-state index in [1.54, 1.807) is 0 Å². The molecule has 0 saturated heterocycles. The van der Waals surface area contributed by atoms with Crippen molar-refractivity contribution >= 4 is 0 Å². The molecule has 0 bridgehead atoms. The maximum atomic E-state index is 4.42. The standard InChI is InChI=1S/C14H21N5/c1-14(2,3)13-6-11(16-18-13)9-19-5-4-12-10(8-19)7-15-17-12/h6-7H,4-5,8-9H2,1-3H3,(H,15,17)(H,16,18). The van der Waals surface area contributed by atoms with Crippen LogP contribution in [0.3, 0.4) is 0 Å². The van der Waals surface area contributed by atoms with Crippen LogP contribution in [0, 0.1) is 0 Å². The van der Waals surface area contributed by atoms with Gasteiger partial charge in [0.15, 0.2) is 0 Å². The minimum Gasteiger partial charge on any atom is -0.293 e. The number of aromatic nitrogens is 4. The van der Waals surface area contributed by atoms with Crippen LogP contribution in [-0.2, 0) is 24.9 Å². The van der Waals surface area contributed by atoms with E-state index in [-0.39, 0.29) is 5.41 Å². The molecule has 2 aromatic rings. The van der Waals surface area contributed by atoms with Gasteiger partial charge in [0.25, 0.3) is 0 Å². The van der Waals surface area contributed by atoms with Gasteiger partial charge in [-0.3, -0.25) is 15.1 Å². The number of H-pyrrole nitrogens is 2. The normalized spacial score (nSPS) is 16.6. The largest absolute Gasteiger partial charge is 0.293 e. The van der Waals surface area contributed by atoms with Gasteiger partial charge in [-0.25, -0.2) is 0 Å². The van der Waals surface area contributed by atoms with Crippen LogP contribution in [0.4, 0.5) is 0 Å². The van der Waals surface area contributed by atoms with Crippen molar-refractivity contribution in [2.75, 3.05) is 6.54 Å². The number of rotatable bonds is 2. The van der Waals surface area contributed by atoms with Gasteiger partial charge in [-0.1, -0.05) is 20.8 Å². The predicted octanol–water partition coefficient (Wildman–Crippen LogP) is 1.99. The van der Waals surface area contributed by atoms with Gasteiger partial charge in [-0.05, 0) is 6.07 Å². The molecule has 0 unspecified atom stereocenters. The summed E-state index contributed by atoms with van der Waals surface area (Å²) in [6.45, 7) is 9.52. The molecule has 3 rings (SSSR count). The highest BCUT2D eigenvalue weighted by atomic mass is 15.2. The number of nitrogens with one attached hydrogen (secondary N) is 2. The molecule has 0 aliphatic carbocycles. The Labute approximate surface area is 113 Å². The zero-order chi connectivity index (χ0) is 13.5. The van der Waals surface area contributed by atoms with E-state index >= 15 is 0 Å². The first-order valence-electron chi connectivity index (χ1n) is 6.80. The average molecular weight is 259 g/mol. The van der Waals surface area contributed by atoms with Crippen molar-refractivity contribution in [3.05, 3.63) is 34.9 Å². The molecule has 3 heterocycles. The van der Waals surface area contributed by atoms with Gasteiger partial charge in [0, 0.05) is 48.4 Å². The van der Waals surface area contributed by atoms with Crippen LogP contribution in [-0.4, -0.2) is 31.8 Å².